The number of esters is 2. The second-order valence-electron chi connectivity index (χ2n) is 5.49. The minimum Gasteiger partial charge on any atom is -0.456 e. The number of rotatable bonds is 3. The fourth-order valence-corrected chi connectivity index (χ4v) is 3.57. The van der Waals surface area contributed by atoms with Gasteiger partial charge in [-0.3, -0.25) is 14.2 Å². The first-order valence-electron chi connectivity index (χ1n) is 7.33. The normalized spacial score (nSPS) is 26.0. The van der Waals surface area contributed by atoms with Gasteiger partial charge in [0.25, 0.3) is 0 Å². The molecule has 2 aromatic heterocycles. The Morgan fingerprint density at radius 3 is 2.52 bits per heavy atom. The van der Waals surface area contributed by atoms with E-state index in [-0.39, 0.29) is 5.15 Å². The Kier molecular flexibility index (Phi) is 5.11. The van der Waals surface area contributed by atoms with Crippen molar-refractivity contribution in [3.05, 3.63) is 15.3 Å². The molecule has 1 fully saturated rings. The molecule has 3 heterocycles. The number of fused-ring (bicyclic) bond motifs is 1. The number of hydrogen-bond acceptors (Lipinski definition) is 8. The van der Waals surface area contributed by atoms with Crippen LogP contribution in [-0.2, 0) is 23.8 Å². The molecule has 9 nitrogen and oxygen atoms in total. The van der Waals surface area contributed by atoms with Crippen molar-refractivity contribution in [2.75, 3.05) is 0 Å². The summed E-state index contributed by atoms with van der Waals surface area (Å²) in [6.07, 6.45) is -1.38. The molecule has 134 valence electrons. The van der Waals surface area contributed by atoms with Crippen molar-refractivity contribution in [1.82, 2.24) is 19.5 Å². The van der Waals surface area contributed by atoms with Crippen molar-refractivity contribution in [3.63, 3.8) is 0 Å². The first-order chi connectivity index (χ1) is 11.8. The summed E-state index contributed by atoms with van der Waals surface area (Å²) in [7, 11) is 0. The van der Waals surface area contributed by atoms with Crippen molar-refractivity contribution >= 4 is 57.3 Å². The van der Waals surface area contributed by atoms with Gasteiger partial charge < -0.3 is 14.2 Å². The quantitative estimate of drug-likeness (QED) is 0.284. The predicted octanol–water partition coefficient (Wildman–Crippen LogP) is 1.86. The van der Waals surface area contributed by atoms with E-state index in [1.807, 2.05) is 22.6 Å². The van der Waals surface area contributed by atoms with Crippen molar-refractivity contribution in [2.24, 2.45) is 0 Å². The summed E-state index contributed by atoms with van der Waals surface area (Å²) < 4.78 is 18.6. The van der Waals surface area contributed by atoms with Gasteiger partial charge in [0.05, 0.1) is 12.4 Å². The Bertz CT molecular complexity index is 844. The van der Waals surface area contributed by atoms with E-state index < -0.39 is 36.5 Å². The standard InChI is InChI=1S/C14H14ClIN4O5/c1-5-9(24-6(2)21)10(25-7(3)22)13(23-5)20-4-17-8-11(15)18-14(16)19-12(8)20/h4-5,9-10,13H,1-3H3/t5-,9-,10-,13?/m1/s1. The minimum absolute atomic E-state index is 0.208. The van der Waals surface area contributed by atoms with Crippen LogP contribution in [0.25, 0.3) is 11.2 Å². The summed E-state index contributed by atoms with van der Waals surface area (Å²) in [5.74, 6) is -1.01. The highest BCUT2D eigenvalue weighted by atomic mass is 127. The molecule has 1 aliphatic rings. The van der Waals surface area contributed by atoms with Gasteiger partial charge in [-0.15, -0.1) is 0 Å². The van der Waals surface area contributed by atoms with Gasteiger partial charge in [0.15, 0.2) is 33.1 Å². The molecule has 0 N–H and O–H groups in total. The highest BCUT2D eigenvalue weighted by Crippen LogP contribution is 2.36. The molecule has 0 amide bonds. The van der Waals surface area contributed by atoms with Crippen LogP contribution in [0, 0.1) is 3.83 Å². The van der Waals surface area contributed by atoms with Gasteiger partial charge in [-0.05, 0) is 6.92 Å². The Labute approximate surface area is 161 Å². The zero-order valence-corrected chi connectivity index (χ0v) is 16.4. The van der Waals surface area contributed by atoms with Gasteiger partial charge in [-0.1, -0.05) is 11.6 Å². The average Bonchev–Trinajstić information content (AvgIpc) is 3.02. The van der Waals surface area contributed by atoms with Crippen molar-refractivity contribution < 1.29 is 23.8 Å². The smallest absolute Gasteiger partial charge is 0.303 e. The van der Waals surface area contributed by atoms with E-state index in [0.29, 0.717) is 15.0 Å². The van der Waals surface area contributed by atoms with Crippen LogP contribution in [0.1, 0.15) is 27.0 Å². The highest BCUT2D eigenvalue weighted by molar-refractivity contribution is 14.1. The van der Waals surface area contributed by atoms with Gasteiger partial charge in [-0.25, -0.2) is 15.0 Å². The summed E-state index contributed by atoms with van der Waals surface area (Å²) in [6, 6.07) is 0. The summed E-state index contributed by atoms with van der Waals surface area (Å²) >= 11 is 8.04. The molecule has 1 saturated heterocycles. The van der Waals surface area contributed by atoms with Crippen LogP contribution >= 0.6 is 34.2 Å². The lowest BCUT2D eigenvalue weighted by Crippen LogP contribution is -2.38. The van der Waals surface area contributed by atoms with E-state index in [2.05, 4.69) is 15.0 Å². The average molecular weight is 481 g/mol. The predicted molar refractivity (Wildman–Crippen MR) is 93.7 cm³/mol. The molecule has 2 aromatic rings. The number of hydrogen-bond donors (Lipinski definition) is 0. The van der Waals surface area contributed by atoms with Crippen molar-refractivity contribution in [2.45, 2.75) is 45.3 Å². The Hall–Kier alpha value is -1.53. The fourth-order valence-electron chi connectivity index (χ4n) is 2.74. The molecule has 1 unspecified atom stereocenters. The summed E-state index contributed by atoms with van der Waals surface area (Å²) in [5, 5.41) is 0.208. The second kappa shape index (κ2) is 7.00. The van der Waals surface area contributed by atoms with E-state index in [1.54, 1.807) is 11.5 Å². The van der Waals surface area contributed by atoms with Crippen LogP contribution in [-0.4, -0.2) is 49.8 Å². The maximum absolute atomic E-state index is 11.5. The Morgan fingerprint density at radius 1 is 1.24 bits per heavy atom. The molecule has 0 bridgehead atoms. The zero-order valence-electron chi connectivity index (χ0n) is 13.5. The number of aromatic nitrogens is 4. The molecule has 4 atom stereocenters. The van der Waals surface area contributed by atoms with Crippen LogP contribution < -0.4 is 0 Å². The fraction of sp³-hybridized carbons (Fsp3) is 0.500. The minimum atomic E-state index is -0.847. The molecule has 0 saturated carbocycles. The third-order valence-corrected chi connectivity index (χ3v) is 4.40. The van der Waals surface area contributed by atoms with Crippen molar-refractivity contribution in [3.8, 4) is 0 Å². The van der Waals surface area contributed by atoms with Crippen LogP contribution in [0.15, 0.2) is 6.33 Å². The first-order valence-corrected chi connectivity index (χ1v) is 8.79. The Balaban J connectivity index is 2.05. The lowest BCUT2D eigenvalue weighted by molar-refractivity contribution is -0.165. The summed E-state index contributed by atoms with van der Waals surface area (Å²) in [6.45, 7) is 4.29. The molecule has 1 aliphatic heterocycles. The molecular formula is C14H14ClIN4O5. The molecule has 3 rings (SSSR count). The molecule has 25 heavy (non-hydrogen) atoms. The topological polar surface area (TPSA) is 105 Å². The van der Waals surface area contributed by atoms with Gasteiger partial charge in [0, 0.05) is 36.4 Å². The molecule has 0 spiro atoms. The van der Waals surface area contributed by atoms with E-state index in [9.17, 15) is 9.59 Å². The highest BCUT2D eigenvalue weighted by Gasteiger charge is 2.48. The SMILES string of the molecule is CC(=O)O[C@@H]1[C@@H](C)OC(n2cnc3c(Cl)nc(I)nc32)[C@@H]1OC(C)=O. The molecule has 0 aromatic carbocycles. The number of carbonyl (C=O) groups is 2. The number of nitrogens with zero attached hydrogens (tertiary/aromatic N) is 4. The second-order valence-corrected chi connectivity index (χ2v) is 6.81. The molecular weight excluding hydrogens is 467 g/mol. The summed E-state index contributed by atoms with van der Waals surface area (Å²) in [4.78, 5) is 35.5. The number of carbonyl (C=O) groups excluding carboxylic acids is 2. The third-order valence-electron chi connectivity index (χ3n) is 3.65. The number of ether oxygens (including phenoxy) is 3. The van der Waals surface area contributed by atoms with Gasteiger partial charge in [-0.2, -0.15) is 0 Å². The lowest BCUT2D eigenvalue weighted by atomic mass is 10.1. The maximum Gasteiger partial charge on any atom is 0.303 e. The lowest BCUT2D eigenvalue weighted by Gasteiger charge is -2.23. The van der Waals surface area contributed by atoms with Crippen LogP contribution in [0.3, 0.4) is 0 Å². The van der Waals surface area contributed by atoms with Crippen LogP contribution in [0.2, 0.25) is 5.15 Å². The van der Waals surface area contributed by atoms with Crippen LogP contribution in [0.4, 0.5) is 0 Å². The molecule has 11 heteroatoms. The van der Waals surface area contributed by atoms with Gasteiger partial charge in [0.1, 0.15) is 5.52 Å². The number of imidazole rings is 1. The number of halogens is 2. The summed E-state index contributed by atoms with van der Waals surface area (Å²) in [5.41, 5.74) is 0.832. The monoisotopic (exact) mass is 480 g/mol. The van der Waals surface area contributed by atoms with E-state index in [4.69, 9.17) is 25.8 Å². The van der Waals surface area contributed by atoms with Crippen LogP contribution in [0.5, 0.6) is 0 Å². The van der Waals surface area contributed by atoms with Crippen molar-refractivity contribution in [1.29, 1.82) is 0 Å². The molecule has 0 radical (unpaired) electrons. The zero-order chi connectivity index (χ0) is 18.3. The van der Waals surface area contributed by atoms with E-state index in [0.717, 1.165) is 0 Å². The van der Waals surface area contributed by atoms with E-state index in [1.165, 1.54) is 20.2 Å². The van der Waals surface area contributed by atoms with E-state index >= 15 is 0 Å². The van der Waals surface area contributed by atoms with Gasteiger partial charge >= 0.3 is 11.9 Å². The third kappa shape index (κ3) is 3.55. The maximum atomic E-state index is 11.5. The largest absolute Gasteiger partial charge is 0.456 e. The first kappa shape index (κ1) is 18.3. The van der Waals surface area contributed by atoms with Gasteiger partial charge in [0.2, 0.25) is 0 Å². The Morgan fingerprint density at radius 2 is 1.88 bits per heavy atom. The molecule has 0 aliphatic carbocycles.